The number of halogens is 2. The van der Waals surface area contributed by atoms with Crippen LogP contribution in [0.5, 0.6) is 0 Å². The van der Waals surface area contributed by atoms with Gasteiger partial charge in [-0.3, -0.25) is 9.59 Å². The van der Waals surface area contributed by atoms with E-state index in [4.69, 9.17) is 16.7 Å². The Hall–Kier alpha value is -1.14. The van der Waals surface area contributed by atoms with Gasteiger partial charge in [-0.1, -0.05) is 24.4 Å². The van der Waals surface area contributed by atoms with E-state index in [2.05, 4.69) is 20.9 Å². The predicted molar refractivity (Wildman–Crippen MR) is 77.9 cm³/mol. The molecule has 1 amide bonds. The second-order valence-electron chi connectivity index (χ2n) is 4.76. The number of carboxylic acids is 1. The van der Waals surface area contributed by atoms with Gasteiger partial charge >= 0.3 is 5.97 Å². The first kappa shape index (κ1) is 15.3. The molecule has 0 radical (unpaired) electrons. The average molecular weight is 362 g/mol. The Morgan fingerprint density at radius 2 is 2.10 bits per heavy atom. The highest BCUT2D eigenvalue weighted by atomic mass is 79.9. The zero-order valence-electron chi connectivity index (χ0n) is 10.7. The van der Waals surface area contributed by atoms with Gasteiger partial charge < -0.3 is 10.0 Å². The number of carbonyl (C=O) groups excluding carboxylic acids is 1. The molecule has 0 aliphatic heterocycles. The largest absolute Gasteiger partial charge is 0.480 e. The van der Waals surface area contributed by atoms with Gasteiger partial charge in [0.1, 0.15) is 11.7 Å². The van der Waals surface area contributed by atoms with Crippen LogP contribution >= 0.6 is 27.5 Å². The predicted octanol–water partition coefficient (Wildman–Crippen LogP) is 2.97. The topological polar surface area (TPSA) is 70.5 Å². The number of hydrogen-bond acceptors (Lipinski definition) is 3. The van der Waals surface area contributed by atoms with Crippen molar-refractivity contribution in [3.05, 3.63) is 27.5 Å². The van der Waals surface area contributed by atoms with Gasteiger partial charge in [0.25, 0.3) is 5.91 Å². The molecule has 5 nitrogen and oxygen atoms in total. The molecule has 108 valence electrons. The van der Waals surface area contributed by atoms with Gasteiger partial charge in [0.05, 0.1) is 5.56 Å². The van der Waals surface area contributed by atoms with Gasteiger partial charge in [-0.05, 0) is 34.8 Å². The Morgan fingerprint density at radius 1 is 1.45 bits per heavy atom. The van der Waals surface area contributed by atoms with Crippen LogP contribution in [-0.2, 0) is 4.79 Å². The Bertz CT molecular complexity index is 532. The fourth-order valence-corrected chi connectivity index (χ4v) is 2.97. The number of carboxylic acid groups (broad SMARTS) is 1. The summed E-state index contributed by atoms with van der Waals surface area (Å²) in [6.45, 7) is -0.313. The van der Waals surface area contributed by atoms with E-state index in [-0.39, 0.29) is 29.2 Å². The monoisotopic (exact) mass is 360 g/mol. The Morgan fingerprint density at radius 3 is 2.70 bits per heavy atom. The molecule has 0 saturated heterocycles. The molecule has 0 aromatic carbocycles. The summed E-state index contributed by atoms with van der Waals surface area (Å²) < 4.78 is 0.631. The molecule has 1 heterocycles. The molecule has 2 rings (SSSR count). The molecule has 1 aliphatic rings. The highest BCUT2D eigenvalue weighted by Gasteiger charge is 2.30. The van der Waals surface area contributed by atoms with Gasteiger partial charge in [-0.15, -0.1) is 0 Å². The van der Waals surface area contributed by atoms with Gasteiger partial charge in [-0.25, -0.2) is 4.98 Å². The lowest BCUT2D eigenvalue weighted by Crippen LogP contribution is -2.42. The molecule has 1 N–H and O–H groups in total. The Balaban J connectivity index is 2.29. The van der Waals surface area contributed by atoms with Crippen LogP contribution in [0.3, 0.4) is 0 Å². The second kappa shape index (κ2) is 6.54. The van der Waals surface area contributed by atoms with E-state index in [1.807, 2.05) is 0 Å². The third-order valence-electron chi connectivity index (χ3n) is 3.37. The fraction of sp³-hybridized carbons (Fsp3) is 0.462. The number of aliphatic carboxylic acids is 1. The molecule has 1 aromatic heterocycles. The summed E-state index contributed by atoms with van der Waals surface area (Å²) in [6.07, 6.45) is 5.18. The lowest BCUT2D eigenvalue weighted by molar-refractivity contribution is -0.138. The molecular formula is C13H14BrClN2O3. The van der Waals surface area contributed by atoms with Crippen molar-refractivity contribution in [2.45, 2.75) is 31.7 Å². The highest BCUT2D eigenvalue weighted by molar-refractivity contribution is 9.10. The van der Waals surface area contributed by atoms with Crippen molar-refractivity contribution < 1.29 is 14.7 Å². The van der Waals surface area contributed by atoms with E-state index in [0.717, 1.165) is 25.7 Å². The van der Waals surface area contributed by atoms with Gasteiger partial charge in [-0.2, -0.15) is 0 Å². The molecule has 20 heavy (non-hydrogen) atoms. The van der Waals surface area contributed by atoms with Crippen molar-refractivity contribution in [3.63, 3.8) is 0 Å². The van der Waals surface area contributed by atoms with Gasteiger partial charge in [0.2, 0.25) is 0 Å². The van der Waals surface area contributed by atoms with Gasteiger partial charge in [0, 0.05) is 16.7 Å². The molecule has 7 heteroatoms. The zero-order chi connectivity index (χ0) is 14.7. The molecule has 0 bridgehead atoms. The Labute approximate surface area is 130 Å². The summed E-state index contributed by atoms with van der Waals surface area (Å²) in [7, 11) is 0. The third kappa shape index (κ3) is 3.49. The van der Waals surface area contributed by atoms with Crippen molar-refractivity contribution in [3.8, 4) is 0 Å². The summed E-state index contributed by atoms with van der Waals surface area (Å²) in [5.41, 5.74) is 0.231. The number of nitrogens with zero attached hydrogens (tertiary/aromatic N) is 2. The summed E-state index contributed by atoms with van der Waals surface area (Å²) >= 11 is 9.19. The molecule has 0 spiro atoms. The highest BCUT2D eigenvalue weighted by Crippen LogP contribution is 2.27. The third-order valence-corrected chi connectivity index (χ3v) is 4.10. The second-order valence-corrected chi connectivity index (χ2v) is 6.03. The number of pyridine rings is 1. The van der Waals surface area contributed by atoms with E-state index in [9.17, 15) is 9.59 Å². The summed E-state index contributed by atoms with van der Waals surface area (Å²) in [4.78, 5) is 28.9. The van der Waals surface area contributed by atoms with Crippen molar-refractivity contribution in [2.75, 3.05) is 6.54 Å². The summed E-state index contributed by atoms with van der Waals surface area (Å²) in [5, 5.41) is 9.10. The van der Waals surface area contributed by atoms with Crippen molar-refractivity contribution in [1.82, 2.24) is 9.88 Å². The lowest BCUT2D eigenvalue weighted by atomic mass is 10.1. The molecule has 1 aromatic rings. The molecule has 1 saturated carbocycles. The maximum absolute atomic E-state index is 12.6. The van der Waals surface area contributed by atoms with Crippen LogP contribution in [0, 0.1) is 0 Å². The Kier molecular flexibility index (Phi) is 4.99. The molecule has 0 unspecified atom stereocenters. The van der Waals surface area contributed by atoms with Crippen LogP contribution in [0.2, 0.25) is 5.15 Å². The van der Waals surface area contributed by atoms with E-state index >= 15 is 0 Å². The van der Waals surface area contributed by atoms with Crippen LogP contribution in [0.1, 0.15) is 36.0 Å². The molecule has 1 fully saturated rings. The van der Waals surface area contributed by atoms with Crippen molar-refractivity contribution in [1.29, 1.82) is 0 Å². The van der Waals surface area contributed by atoms with Crippen LogP contribution in [0.4, 0.5) is 0 Å². The normalized spacial score (nSPS) is 15.3. The quantitative estimate of drug-likeness (QED) is 0.837. The standard InChI is InChI=1S/C13H14BrClN2O3/c14-8-5-10(12(15)16-6-8)13(20)17(7-11(18)19)9-3-1-2-4-9/h5-6,9H,1-4,7H2,(H,18,19). The summed E-state index contributed by atoms with van der Waals surface area (Å²) in [5.74, 6) is -1.40. The van der Waals surface area contributed by atoms with E-state index < -0.39 is 5.97 Å². The summed E-state index contributed by atoms with van der Waals surface area (Å²) in [6, 6.07) is 1.54. The first-order chi connectivity index (χ1) is 9.49. The fourth-order valence-electron chi connectivity index (χ4n) is 2.46. The van der Waals surface area contributed by atoms with Crippen LogP contribution < -0.4 is 0 Å². The zero-order valence-corrected chi connectivity index (χ0v) is 13.0. The number of hydrogen-bond donors (Lipinski definition) is 1. The van der Waals surface area contributed by atoms with E-state index in [0.29, 0.717) is 4.47 Å². The van der Waals surface area contributed by atoms with Crippen molar-refractivity contribution >= 4 is 39.4 Å². The first-order valence-electron chi connectivity index (χ1n) is 6.33. The number of aromatic nitrogens is 1. The number of amides is 1. The van der Waals surface area contributed by atoms with Crippen LogP contribution in [0.25, 0.3) is 0 Å². The van der Waals surface area contributed by atoms with E-state index in [1.54, 1.807) is 6.07 Å². The molecular weight excluding hydrogens is 348 g/mol. The smallest absolute Gasteiger partial charge is 0.323 e. The van der Waals surface area contributed by atoms with Crippen LogP contribution in [0.15, 0.2) is 16.7 Å². The minimum Gasteiger partial charge on any atom is -0.480 e. The number of rotatable bonds is 4. The minimum atomic E-state index is -1.02. The average Bonchev–Trinajstić information content (AvgIpc) is 2.91. The maximum Gasteiger partial charge on any atom is 0.323 e. The van der Waals surface area contributed by atoms with Gasteiger partial charge in [0.15, 0.2) is 0 Å². The minimum absolute atomic E-state index is 0.0337. The lowest BCUT2D eigenvalue weighted by Gasteiger charge is -2.27. The first-order valence-corrected chi connectivity index (χ1v) is 7.50. The maximum atomic E-state index is 12.6. The molecule has 1 aliphatic carbocycles. The van der Waals surface area contributed by atoms with Crippen LogP contribution in [-0.4, -0.2) is 39.5 Å². The van der Waals surface area contributed by atoms with E-state index in [1.165, 1.54) is 11.1 Å². The SMILES string of the molecule is O=C(O)CN(C(=O)c1cc(Br)cnc1Cl)C1CCCC1. The van der Waals surface area contributed by atoms with Crippen molar-refractivity contribution in [2.24, 2.45) is 0 Å². The molecule has 0 atom stereocenters. The number of carbonyl (C=O) groups is 2.